The fourth-order valence-corrected chi connectivity index (χ4v) is 5.89. The second kappa shape index (κ2) is 5.49. The van der Waals surface area contributed by atoms with Crippen LogP contribution in [0, 0.1) is 0 Å². The van der Waals surface area contributed by atoms with E-state index in [9.17, 15) is 0 Å². The summed E-state index contributed by atoms with van der Waals surface area (Å²) in [6.07, 6.45) is 1.78. The topological polar surface area (TPSA) is 18.1 Å². The Labute approximate surface area is 170 Å². The number of furan rings is 1. The molecule has 0 unspecified atom stereocenters. The molecule has 0 atom stereocenters. The molecule has 7 rings (SSSR count). The van der Waals surface area contributed by atoms with Gasteiger partial charge in [-0.25, -0.2) is 0 Å². The number of fused-ring (bicyclic) bond motifs is 8. The van der Waals surface area contributed by atoms with Crippen molar-refractivity contribution in [3.05, 3.63) is 91.2 Å². The van der Waals surface area contributed by atoms with E-state index in [0.717, 1.165) is 5.58 Å². The summed E-state index contributed by atoms with van der Waals surface area (Å²) in [4.78, 5) is 0. The van der Waals surface area contributed by atoms with Crippen LogP contribution in [-0.4, -0.2) is 4.57 Å². The number of thiophene rings is 1. The summed E-state index contributed by atoms with van der Waals surface area (Å²) in [6, 6.07) is 30.3. The monoisotopic (exact) mass is 389 g/mol. The fraction of sp³-hybridized carbons (Fsp3) is 0. The van der Waals surface area contributed by atoms with Crippen LogP contribution < -0.4 is 0 Å². The molecule has 0 saturated heterocycles. The van der Waals surface area contributed by atoms with Crippen molar-refractivity contribution >= 4 is 64.3 Å². The van der Waals surface area contributed by atoms with Crippen LogP contribution in [0.25, 0.3) is 58.6 Å². The molecule has 0 aliphatic rings. The van der Waals surface area contributed by atoms with E-state index in [4.69, 9.17) is 4.42 Å². The molecule has 29 heavy (non-hydrogen) atoms. The summed E-state index contributed by atoms with van der Waals surface area (Å²) in [6.45, 7) is 0. The Hall–Kier alpha value is -3.56. The molecule has 0 radical (unpaired) electrons. The summed E-state index contributed by atoms with van der Waals surface area (Å²) in [5, 5.41) is 6.32. The number of aromatic nitrogens is 1. The first-order valence-electron chi connectivity index (χ1n) is 9.70. The summed E-state index contributed by atoms with van der Waals surface area (Å²) >= 11 is 1.87. The molecule has 0 aliphatic heterocycles. The standard InChI is InChI=1S/C26H15NOS/c1-3-9-20-18(7-1)25-19-14-15-28-23(19)13-12-21(25)27(20)22-10-5-8-17-16-6-2-4-11-24(16)29-26(17)22/h1-15H. The fourth-order valence-electron chi connectivity index (χ4n) is 4.68. The van der Waals surface area contributed by atoms with Crippen LogP contribution in [-0.2, 0) is 0 Å². The van der Waals surface area contributed by atoms with Crippen molar-refractivity contribution in [3.63, 3.8) is 0 Å². The minimum Gasteiger partial charge on any atom is -0.464 e. The van der Waals surface area contributed by atoms with Crippen LogP contribution in [0.1, 0.15) is 0 Å². The zero-order chi connectivity index (χ0) is 18.9. The van der Waals surface area contributed by atoms with Crippen molar-refractivity contribution in [1.82, 2.24) is 4.57 Å². The van der Waals surface area contributed by atoms with E-state index in [2.05, 4.69) is 89.5 Å². The molecule has 0 fully saturated rings. The predicted molar refractivity (Wildman–Crippen MR) is 123 cm³/mol. The molecular weight excluding hydrogens is 374 g/mol. The highest BCUT2D eigenvalue weighted by atomic mass is 32.1. The number of nitrogens with zero attached hydrogens (tertiary/aromatic N) is 1. The van der Waals surface area contributed by atoms with E-state index in [1.807, 2.05) is 11.3 Å². The lowest BCUT2D eigenvalue weighted by Gasteiger charge is -2.09. The Bertz CT molecular complexity index is 1710. The molecule has 0 aliphatic carbocycles. The van der Waals surface area contributed by atoms with Gasteiger partial charge in [0.2, 0.25) is 0 Å². The van der Waals surface area contributed by atoms with Crippen molar-refractivity contribution in [3.8, 4) is 5.69 Å². The zero-order valence-electron chi connectivity index (χ0n) is 15.4. The van der Waals surface area contributed by atoms with Crippen LogP contribution in [0.15, 0.2) is 95.6 Å². The Morgan fingerprint density at radius 2 is 1.45 bits per heavy atom. The Kier molecular flexibility index (Phi) is 2.91. The van der Waals surface area contributed by atoms with E-state index in [1.54, 1.807) is 6.26 Å². The highest BCUT2D eigenvalue weighted by Crippen LogP contribution is 2.42. The van der Waals surface area contributed by atoms with Crippen LogP contribution >= 0.6 is 11.3 Å². The van der Waals surface area contributed by atoms with Gasteiger partial charge in [-0.1, -0.05) is 48.5 Å². The van der Waals surface area contributed by atoms with Gasteiger partial charge in [0.05, 0.1) is 27.7 Å². The van der Waals surface area contributed by atoms with Gasteiger partial charge < -0.3 is 8.98 Å². The van der Waals surface area contributed by atoms with Gasteiger partial charge in [-0.15, -0.1) is 11.3 Å². The minimum absolute atomic E-state index is 0.931. The molecule has 3 aromatic heterocycles. The van der Waals surface area contributed by atoms with Crippen molar-refractivity contribution in [2.75, 3.05) is 0 Å². The molecule has 0 spiro atoms. The lowest BCUT2D eigenvalue weighted by Crippen LogP contribution is -1.93. The highest BCUT2D eigenvalue weighted by molar-refractivity contribution is 7.26. The third-order valence-electron chi connectivity index (χ3n) is 5.89. The van der Waals surface area contributed by atoms with Gasteiger partial charge in [0, 0.05) is 31.6 Å². The molecule has 0 bridgehead atoms. The van der Waals surface area contributed by atoms with Crippen LogP contribution in [0.5, 0.6) is 0 Å². The van der Waals surface area contributed by atoms with E-state index >= 15 is 0 Å². The molecule has 136 valence electrons. The van der Waals surface area contributed by atoms with Gasteiger partial charge in [-0.2, -0.15) is 0 Å². The number of hydrogen-bond donors (Lipinski definition) is 0. The van der Waals surface area contributed by atoms with Crippen LogP contribution in [0.4, 0.5) is 0 Å². The van der Waals surface area contributed by atoms with Gasteiger partial charge in [0.15, 0.2) is 0 Å². The molecule has 0 saturated carbocycles. The van der Waals surface area contributed by atoms with Gasteiger partial charge in [-0.05, 0) is 36.4 Å². The average Bonchev–Trinajstić information content (AvgIpc) is 3.46. The van der Waals surface area contributed by atoms with Crippen LogP contribution in [0.2, 0.25) is 0 Å². The van der Waals surface area contributed by atoms with Crippen molar-refractivity contribution in [2.24, 2.45) is 0 Å². The molecule has 0 amide bonds. The smallest absolute Gasteiger partial charge is 0.134 e. The first-order valence-corrected chi connectivity index (χ1v) is 10.5. The van der Waals surface area contributed by atoms with E-state index < -0.39 is 0 Å². The normalized spacial score (nSPS) is 12.1. The lowest BCUT2D eigenvalue weighted by molar-refractivity contribution is 0.616. The maximum atomic E-state index is 5.69. The second-order valence-electron chi connectivity index (χ2n) is 7.40. The molecule has 4 aromatic carbocycles. The summed E-state index contributed by atoms with van der Waals surface area (Å²) < 4.78 is 10.8. The predicted octanol–water partition coefficient (Wildman–Crippen LogP) is 7.90. The van der Waals surface area contributed by atoms with Crippen molar-refractivity contribution in [1.29, 1.82) is 0 Å². The van der Waals surface area contributed by atoms with Gasteiger partial charge in [0.1, 0.15) is 5.58 Å². The summed E-state index contributed by atoms with van der Waals surface area (Å²) in [5.74, 6) is 0. The molecular formula is C26H15NOS. The molecule has 3 heterocycles. The first-order chi connectivity index (χ1) is 14.4. The SMILES string of the molecule is c1ccc2c(c1)sc1c(-n3c4ccccc4c4c5ccoc5ccc43)cccc12. The van der Waals surface area contributed by atoms with Gasteiger partial charge in [-0.3, -0.25) is 0 Å². The number of benzene rings is 4. The maximum Gasteiger partial charge on any atom is 0.134 e. The van der Waals surface area contributed by atoms with E-state index in [0.29, 0.717) is 0 Å². The molecule has 2 nitrogen and oxygen atoms in total. The largest absolute Gasteiger partial charge is 0.464 e. The van der Waals surface area contributed by atoms with E-state index in [-0.39, 0.29) is 0 Å². The zero-order valence-corrected chi connectivity index (χ0v) is 16.2. The van der Waals surface area contributed by atoms with Gasteiger partial charge >= 0.3 is 0 Å². The number of rotatable bonds is 1. The minimum atomic E-state index is 0.931. The van der Waals surface area contributed by atoms with E-state index in [1.165, 1.54) is 53.1 Å². The summed E-state index contributed by atoms with van der Waals surface area (Å²) in [7, 11) is 0. The molecule has 0 N–H and O–H groups in total. The first kappa shape index (κ1) is 15.4. The quantitative estimate of drug-likeness (QED) is 0.279. The average molecular weight is 389 g/mol. The molecule has 7 aromatic rings. The van der Waals surface area contributed by atoms with Crippen LogP contribution in [0.3, 0.4) is 0 Å². The van der Waals surface area contributed by atoms with Gasteiger partial charge in [0.25, 0.3) is 0 Å². The highest BCUT2D eigenvalue weighted by Gasteiger charge is 2.18. The lowest BCUT2D eigenvalue weighted by atomic mass is 10.1. The second-order valence-corrected chi connectivity index (χ2v) is 8.45. The van der Waals surface area contributed by atoms with Crippen molar-refractivity contribution < 1.29 is 4.42 Å². The Morgan fingerprint density at radius 3 is 2.41 bits per heavy atom. The maximum absolute atomic E-state index is 5.69. The Morgan fingerprint density at radius 1 is 0.621 bits per heavy atom. The number of hydrogen-bond acceptors (Lipinski definition) is 2. The third-order valence-corrected chi connectivity index (χ3v) is 7.10. The Balaban J connectivity index is 1.72. The van der Waals surface area contributed by atoms with Crippen molar-refractivity contribution in [2.45, 2.75) is 0 Å². The number of para-hydroxylation sites is 1. The summed E-state index contributed by atoms with van der Waals surface area (Å²) in [5.41, 5.74) is 4.60. The molecule has 3 heteroatoms. The third kappa shape index (κ3) is 1.95.